The number of ether oxygens (including phenoxy) is 1. The second-order valence-corrected chi connectivity index (χ2v) is 2.71. The van der Waals surface area contributed by atoms with Crippen molar-refractivity contribution in [2.45, 2.75) is 6.92 Å². The van der Waals surface area contributed by atoms with Crippen LogP contribution in [0.5, 0.6) is 5.75 Å². The van der Waals surface area contributed by atoms with E-state index in [2.05, 4.69) is 5.32 Å². The molecule has 4 heteroatoms. The molecule has 72 valence electrons. The Hall–Kier alpha value is -2.02. The highest BCUT2D eigenvalue weighted by atomic mass is 16.5. The Kier molecular flexibility index (Phi) is 3.08. The lowest BCUT2D eigenvalue weighted by Crippen LogP contribution is -2.05. The Labute approximate surface area is 82.1 Å². The van der Waals surface area contributed by atoms with E-state index >= 15 is 0 Å². The predicted octanol–water partition coefficient (Wildman–Crippen LogP) is 1.53. The summed E-state index contributed by atoms with van der Waals surface area (Å²) in [6, 6.07) is 6.86. The van der Waals surface area contributed by atoms with Gasteiger partial charge in [-0.2, -0.15) is 5.26 Å². The summed E-state index contributed by atoms with van der Waals surface area (Å²) in [5, 5.41) is 11.3. The van der Waals surface area contributed by atoms with Crippen molar-refractivity contribution in [3.05, 3.63) is 23.8 Å². The van der Waals surface area contributed by atoms with E-state index in [1.165, 1.54) is 14.0 Å². The average Bonchev–Trinajstić information content (AvgIpc) is 2.16. The zero-order valence-corrected chi connectivity index (χ0v) is 8.00. The van der Waals surface area contributed by atoms with Gasteiger partial charge in [0.15, 0.2) is 0 Å². The molecule has 0 saturated carbocycles. The van der Waals surface area contributed by atoms with Gasteiger partial charge in [0.05, 0.1) is 12.7 Å². The fourth-order valence-corrected chi connectivity index (χ4v) is 1.06. The van der Waals surface area contributed by atoms with E-state index in [1.54, 1.807) is 18.2 Å². The van der Waals surface area contributed by atoms with Crippen molar-refractivity contribution >= 4 is 11.6 Å². The molecular formula is C10H10N2O2. The number of nitriles is 1. The first-order chi connectivity index (χ1) is 6.67. The Bertz CT molecular complexity index is 394. The molecule has 0 spiro atoms. The van der Waals surface area contributed by atoms with Crippen molar-refractivity contribution in [2.75, 3.05) is 12.4 Å². The lowest BCUT2D eigenvalue weighted by molar-refractivity contribution is -0.114. The third kappa shape index (κ3) is 2.23. The van der Waals surface area contributed by atoms with E-state index in [4.69, 9.17) is 10.00 Å². The van der Waals surface area contributed by atoms with Gasteiger partial charge in [-0.1, -0.05) is 0 Å². The first kappa shape index (κ1) is 10.1. The van der Waals surface area contributed by atoms with Crippen molar-refractivity contribution in [3.8, 4) is 11.8 Å². The molecular weight excluding hydrogens is 180 g/mol. The number of carbonyl (C=O) groups excluding carboxylic acids is 1. The molecule has 1 aromatic carbocycles. The molecule has 14 heavy (non-hydrogen) atoms. The molecule has 0 atom stereocenters. The van der Waals surface area contributed by atoms with E-state index in [-0.39, 0.29) is 5.91 Å². The van der Waals surface area contributed by atoms with Crippen LogP contribution in [-0.4, -0.2) is 13.0 Å². The number of nitrogens with one attached hydrogen (secondary N) is 1. The van der Waals surface area contributed by atoms with Gasteiger partial charge in [-0.25, -0.2) is 0 Å². The molecule has 0 aliphatic heterocycles. The molecule has 0 bridgehead atoms. The first-order valence-corrected chi connectivity index (χ1v) is 4.03. The summed E-state index contributed by atoms with van der Waals surface area (Å²) in [4.78, 5) is 10.8. The number of methoxy groups -OCH3 is 1. The molecule has 0 unspecified atom stereocenters. The summed E-state index contributed by atoms with van der Waals surface area (Å²) in [5.41, 5.74) is 1.06. The minimum Gasteiger partial charge on any atom is -0.495 e. The highest BCUT2D eigenvalue weighted by Gasteiger charge is 2.03. The molecule has 1 rings (SSSR count). The minimum absolute atomic E-state index is 0.156. The highest BCUT2D eigenvalue weighted by Crippen LogP contribution is 2.22. The van der Waals surface area contributed by atoms with Gasteiger partial charge in [0.2, 0.25) is 5.91 Å². The summed E-state index contributed by atoms with van der Waals surface area (Å²) in [6.45, 7) is 1.42. The number of benzene rings is 1. The van der Waals surface area contributed by atoms with Gasteiger partial charge in [0, 0.05) is 18.7 Å². The molecule has 1 amide bonds. The summed E-state index contributed by atoms with van der Waals surface area (Å²) in [5.74, 6) is 0.301. The standard InChI is InChI=1S/C10H10N2O2/c1-7(13)12-9-4-3-8(6-11)10(5-9)14-2/h3-5H,1-2H3,(H,12,13). The summed E-state index contributed by atoms with van der Waals surface area (Å²) in [6.07, 6.45) is 0. The zero-order valence-electron chi connectivity index (χ0n) is 8.00. The van der Waals surface area contributed by atoms with Crippen molar-refractivity contribution < 1.29 is 9.53 Å². The Morgan fingerprint density at radius 2 is 2.29 bits per heavy atom. The number of hydrogen-bond donors (Lipinski definition) is 1. The molecule has 0 radical (unpaired) electrons. The zero-order chi connectivity index (χ0) is 10.6. The van der Waals surface area contributed by atoms with Gasteiger partial charge in [0.25, 0.3) is 0 Å². The van der Waals surface area contributed by atoms with Crippen LogP contribution in [0.25, 0.3) is 0 Å². The Morgan fingerprint density at radius 1 is 1.57 bits per heavy atom. The predicted molar refractivity (Wildman–Crippen MR) is 52.0 cm³/mol. The van der Waals surface area contributed by atoms with Crippen molar-refractivity contribution in [1.29, 1.82) is 5.26 Å². The van der Waals surface area contributed by atoms with Crippen LogP contribution in [0, 0.1) is 11.3 Å². The SMILES string of the molecule is COc1cc(NC(C)=O)ccc1C#N. The van der Waals surface area contributed by atoms with Crippen LogP contribution in [-0.2, 0) is 4.79 Å². The first-order valence-electron chi connectivity index (χ1n) is 4.03. The lowest BCUT2D eigenvalue weighted by atomic mass is 10.2. The van der Waals surface area contributed by atoms with Gasteiger partial charge in [-0.15, -0.1) is 0 Å². The fourth-order valence-electron chi connectivity index (χ4n) is 1.06. The molecule has 0 aliphatic rings. The smallest absolute Gasteiger partial charge is 0.221 e. The normalized spacial score (nSPS) is 8.93. The summed E-state index contributed by atoms with van der Waals surface area (Å²) in [7, 11) is 1.48. The number of nitrogens with zero attached hydrogens (tertiary/aromatic N) is 1. The minimum atomic E-state index is -0.156. The van der Waals surface area contributed by atoms with Gasteiger partial charge >= 0.3 is 0 Å². The highest BCUT2D eigenvalue weighted by molar-refractivity contribution is 5.89. The van der Waals surface area contributed by atoms with E-state index in [9.17, 15) is 4.79 Å². The molecule has 4 nitrogen and oxygen atoms in total. The summed E-state index contributed by atoms with van der Waals surface area (Å²) >= 11 is 0. The molecule has 0 aromatic heterocycles. The molecule has 1 N–H and O–H groups in total. The van der Waals surface area contributed by atoms with Gasteiger partial charge in [-0.05, 0) is 12.1 Å². The van der Waals surface area contributed by atoms with E-state index in [0.717, 1.165) is 0 Å². The maximum atomic E-state index is 10.8. The second-order valence-electron chi connectivity index (χ2n) is 2.71. The van der Waals surface area contributed by atoms with E-state index < -0.39 is 0 Å². The molecule has 0 aliphatic carbocycles. The Morgan fingerprint density at radius 3 is 2.79 bits per heavy atom. The van der Waals surface area contributed by atoms with Crippen LogP contribution in [0.1, 0.15) is 12.5 Å². The number of anilines is 1. The number of rotatable bonds is 2. The number of carbonyl (C=O) groups is 1. The fraction of sp³-hybridized carbons (Fsp3) is 0.200. The van der Waals surface area contributed by atoms with Crippen LogP contribution >= 0.6 is 0 Å². The second kappa shape index (κ2) is 4.28. The van der Waals surface area contributed by atoms with E-state index in [1.807, 2.05) is 6.07 Å². The maximum absolute atomic E-state index is 10.8. The van der Waals surface area contributed by atoms with Gasteiger partial charge in [0.1, 0.15) is 11.8 Å². The Balaban J connectivity index is 3.03. The van der Waals surface area contributed by atoms with Crippen molar-refractivity contribution in [3.63, 3.8) is 0 Å². The quantitative estimate of drug-likeness (QED) is 0.769. The molecule has 0 heterocycles. The topological polar surface area (TPSA) is 62.1 Å². The molecule has 1 aromatic rings. The van der Waals surface area contributed by atoms with Crippen LogP contribution < -0.4 is 10.1 Å². The summed E-state index contributed by atoms with van der Waals surface area (Å²) < 4.78 is 4.98. The lowest BCUT2D eigenvalue weighted by Gasteiger charge is -2.06. The van der Waals surface area contributed by atoms with E-state index in [0.29, 0.717) is 17.0 Å². The van der Waals surface area contributed by atoms with Crippen LogP contribution in [0.15, 0.2) is 18.2 Å². The van der Waals surface area contributed by atoms with Gasteiger partial charge < -0.3 is 10.1 Å². The van der Waals surface area contributed by atoms with Crippen LogP contribution in [0.4, 0.5) is 5.69 Å². The largest absolute Gasteiger partial charge is 0.495 e. The van der Waals surface area contributed by atoms with Crippen LogP contribution in [0.2, 0.25) is 0 Å². The molecule has 0 fully saturated rings. The third-order valence-electron chi connectivity index (χ3n) is 1.64. The van der Waals surface area contributed by atoms with Crippen molar-refractivity contribution in [1.82, 2.24) is 0 Å². The average molecular weight is 190 g/mol. The number of amides is 1. The van der Waals surface area contributed by atoms with Crippen LogP contribution in [0.3, 0.4) is 0 Å². The maximum Gasteiger partial charge on any atom is 0.221 e. The third-order valence-corrected chi connectivity index (χ3v) is 1.64. The number of hydrogen-bond acceptors (Lipinski definition) is 3. The van der Waals surface area contributed by atoms with Crippen molar-refractivity contribution in [2.24, 2.45) is 0 Å². The molecule has 0 saturated heterocycles. The monoisotopic (exact) mass is 190 g/mol. The van der Waals surface area contributed by atoms with Gasteiger partial charge in [-0.3, -0.25) is 4.79 Å².